The molecule has 2 heterocycles. The van der Waals surface area contributed by atoms with Crippen LogP contribution in [0.25, 0.3) is 0 Å². The van der Waals surface area contributed by atoms with Gasteiger partial charge in [0.1, 0.15) is 12.7 Å². The molecule has 2 aromatic carbocycles. The quantitative estimate of drug-likeness (QED) is 0.711. The molecular weight excluding hydrogens is 378 g/mol. The first-order valence-electron chi connectivity index (χ1n) is 8.84. The molecule has 1 aliphatic heterocycles. The SMILES string of the molecule is O=C(Nc1cccc(Cn2cncn2)c1)c1ccc(N2CCCS2(=O)=O)cc1. The van der Waals surface area contributed by atoms with Crippen molar-refractivity contribution in [3.63, 3.8) is 0 Å². The average Bonchev–Trinajstić information content (AvgIpc) is 3.31. The molecule has 1 aliphatic rings. The van der Waals surface area contributed by atoms with Gasteiger partial charge in [-0.2, -0.15) is 5.10 Å². The summed E-state index contributed by atoms with van der Waals surface area (Å²) in [5.74, 6) is -0.0890. The van der Waals surface area contributed by atoms with Crippen molar-refractivity contribution < 1.29 is 13.2 Å². The summed E-state index contributed by atoms with van der Waals surface area (Å²) in [6, 6.07) is 14.1. The van der Waals surface area contributed by atoms with Crippen LogP contribution in [-0.4, -0.2) is 41.4 Å². The predicted octanol–water partition coefficient (Wildman–Crippen LogP) is 2.12. The van der Waals surface area contributed by atoms with Gasteiger partial charge in [0.15, 0.2) is 0 Å². The van der Waals surface area contributed by atoms with E-state index in [2.05, 4.69) is 15.4 Å². The highest BCUT2D eigenvalue weighted by molar-refractivity contribution is 7.93. The molecule has 8 nitrogen and oxygen atoms in total. The van der Waals surface area contributed by atoms with Gasteiger partial charge in [0.05, 0.1) is 18.0 Å². The molecule has 0 radical (unpaired) electrons. The fourth-order valence-electron chi connectivity index (χ4n) is 3.16. The lowest BCUT2D eigenvalue weighted by Crippen LogP contribution is -2.25. The van der Waals surface area contributed by atoms with Crippen molar-refractivity contribution in [1.29, 1.82) is 0 Å². The van der Waals surface area contributed by atoms with Crippen molar-refractivity contribution in [2.24, 2.45) is 0 Å². The van der Waals surface area contributed by atoms with E-state index in [-0.39, 0.29) is 11.7 Å². The van der Waals surface area contributed by atoms with Gasteiger partial charge in [-0.05, 0) is 48.4 Å². The first-order valence-corrected chi connectivity index (χ1v) is 10.5. The van der Waals surface area contributed by atoms with E-state index in [1.807, 2.05) is 24.3 Å². The number of nitrogens with zero attached hydrogens (tertiary/aromatic N) is 4. The van der Waals surface area contributed by atoms with Gasteiger partial charge in [0, 0.05) is 17.8 Å². The Labute approximate surface area is 162 Å². The summed E-state index contributed by atoms with van der Waals surface area (Å²) in [6.45, 7) is 1.04. The van der Waals surface area contributed by atoms with Crippen LogP contribution in [0.3, 0.4) is 0 Å². The maximum absolute atomic E-state index is 12.5. The number of benzene rings is 2. The number of nitrogens with one attached hydrogen (secondary N) is 1. The second kappa shape index (κ2) is 7.43. The molecular formula is C19H19N5O3S. The Hall–Kier alpha value is -3.20. The molecule has 1 saturated heterocycles. The van der Waals surface area contributed by atoms with E-state index in [1.165, 1.54) is 10.6 Å². The summed E-state index contributed by atoms with van der Waals surface area (Å²) in [4.78, 5) is 16.4. The summed E-state index contributed by atoms with van der Waals surface area (Å²) in [5, 5.41) is 6.94. The smallest absolute Gasteiger partial charge is 0.255 e. The summed E-state index contributed by atoms with van der Waals surface area (Å²) >= 11 is 0. The van der Waals surface area contributed by atoms with Crippen LogP contribution in [0.2, 0.25) is 0 Å². The van der Waals surface area contributed by atoms with Gasteiger partial charge in [-0.15, -0.1) is 0 Å². The fourth-order valence-corrected chi connectivity index (χ4v) is 4.73. The van der Waals surface area contributed by atoms with E-state index in [4.69, 9.17) is 0 Å². The minimum absolute atomic E-state index is 0.167. The molecule has 0 bridgehead atoms. The van der Waals surface area contributed by atoms with Crippen LogP contribution in [0.5, 0.6) is 0 Å². The largest absolute Gasteiger partial charge is 0.322 e. The predicted molar refractivity (Wildman–Crippen MR) is 106 cm³/mol. The van der Waals surface area contributed by atoms with Gasteiger partial charge in [-0.1, -0.05) is 12.1 Å². The molecule has 0 aliphatic carbocycles. The molecule has 0 unspecified atom stereocenters. The number of hydrogen-bond acceptors (Lipinski definition) is 5. The van der Waals surface area contributed by atoms with Crippen molar-refractivity contribution in [3.05, 3.63) is 72.3 Å². The summed E-state index contributed by atoms with van der Waals surface area (Å²) < 4.78 is 27.1. The van der Waals surface area contributed by atoms with Crippen LogP contribution < -0.4 is 9.62 Å². The fraction of sp³-hybridized carbons (Fsp3) is 0.211. The normalized spacial score (nSPS) is 15.5. The Bertz CT molecular complexity index is 1080. The van der Waals surface area contributed by atoms with Crippen LogP contribution in [-0.2, 0) is 16.6 Å². The molecule has 1 aromatic heterocycles. The van der Waals surface area contributed by atoms with E-state index in [0.717, 1.165) is 5.56 Å². The molecule has 0 atom stereocenters. The maximum atomic E-state index is 12.5. The number of carbonyl (C=O) groups is 1. The highest BCUT2D eigenvalue weighted by Gasteiger charge is 2.28. The number of amides is 1. The van der Waals surface area contributed by atoms with Crippen LogP contribution >= 0.6 is 0 Å². The molecule has 1 fully saturated rings. The van der Waals surface area contributed by atoms with Crippen LogP contribution in [0, 0.1) is 0 Å². The second-order valence-corrected chi connectivity index (χ2v) is 8.55. The highest BCUT2D eigenvalue weighted by atomic mass is 32.2. The van der Waals surface area contributed by atoms with Crippen molar-refractivity contribution in [3.8, 4) is 0 Å². The molecule has 3 aromatic rings. The number of carbonyl (C=O) groups excluding carboxylic acids is 1. The topological polar surface area (TPSA) is 97.2 Å². The second-order valence-electron chi connectivity index (χ2n) is 6.54. The van der Waals surface area contributed by atoms with Crippen molar-refractivity contribution >= 4 is 27.3 Å². The molecule has 9 heteroatoms. The Kier molecular flexibility index (Phi) is 4.82. The van der Waals surface area contributed by atoms with E-state index in [9.17, 15) is 13.2 Å². The van der Waals surface area contributed by atoms with Crippen LogP contribution in [0.4, 0.5) is 11.4 Å². The number of aromatic nitrogens is 3. The molecule has 4 rings (SSSR count). The first kappa shape index (κ1) is 18.2. The zero-order valence-electron chi connectivity index (χ0n) is 15.0. The minimum Gasteiger partial charge on any atom is -0.322 e. The number of hydrogen-bond donors (Lipinski definition) is 1. The third kappa shape index (κ3) is 3.89. The van der Waals surface area contributed by atoms with Gasteiger partial charge < -0.3 is 5.32 Å². The lowest BCUT2D eigenvalue weighted by atomic mass is 10.1. The van der Waals surface area contributed by atoms with Crippen molar-refractivity contribution in [2.75, 3.05) is 21.9 Å². The van der Waals surface area contributed by atoms with E-state index in [1.54, 1.807) is 35.3 Å². The van der Waals surface area contributed by atoms with E-state index in [0.29, 0.717) is 36.4 Å². The third-order valence-electron chi connectivity index (χ3n) is 4.51. The monoisotopic (exact) mass is 397 g/mol. The molecule has 1 amide bonds. The highest BCUT2D eigenvalue weighted by Crippen LogP contribution is 2.24. The Balaban J connectivity index is 1.45. The molecule has 0 spiro atoms. The Morgan fingerprint density at radius 2 is 1.96 bits per heavy atom. The van der Waals surface area contributed by atoms with Crippen molar-refractivity contribution in [1.82, 2.24) is 14.8 Å². The lowest BCUT2D eigenvalue weighted by molar-refractivity contribution is 0.102. The lowest BCUT2D eigenvalue weighted by Gasteiger charge is -2.17. The van der Waals surface area contributed by atoms with Gasteiger partial charge in [0.2, 0.25) is 10.0 Å². The molecule has 1 N–H and O–H groups in total. The summed E-state index contributed by atoms with van der Waals surface area (Å²) in [7, 11) is -3.23. The Morgan fingerprint density at radius 3 is 2.64 bits per heavy atom. The van der Waals surface area contributed by atoms with Gasteiger partial charge in [-0.25, -0.2) is 18.1 Å². The summed E-state index contributed by atoms with van der Waals surface area (Å²) in [6.07, 6.45) is 3.73. The van der Waals surface area contributed by atoms with Crippen molar-refractivity contribution in [2.45, 2.75) is 13.0 Å². The molecule has 28 heavy (non-hydrogen) atoms. The number of anilines is 2. The zero-order valence-corrected chi connectivity index (χ0v) is 15.8. The molecule has 0 saturated carbocycles. The third-order valence-corrected chi connectivity index (χ3v) is 6.38. The zero-order chi connectivity index (χ0) is 19.6. The average molecular weight is 397 g/mol. The maximum Gasteiger partial charge on any atom is 0.255 e. The van der Waals surface area contributed by atoms with Gasteiger partial charge in [-0.3, -0.25) is 9.10 Å². The Morgan fingerprint density at radius 1 is 1.14 bits per heavy atom. The van der Waals surface area contributed by atoms with E-state index >= 15 is 0 Å². The van der Waals surface area contributed by atoms with Gasteiger partial charge >= 0.3 is 0 Å². The molecule has 144 valence electrons. The summed E-state index contributed by atoms with van der Waals surface area (Å²) in [5.41, 5.74) is 2.71. The number of sulfonamides is 1. The van der Waals surface area contributed by atoms with E-state index < -0.39 is 10.0 Å². The first-order chi connectivity index (χ1) is 13.5. The van der Waals surface area contributed by atoms with Crippen LogP contribution in [0.15, 0.2) is 61.2 Å². The van der Waals surface area contributed by atoms with Crippen LogP contribution in [0.1, 0.15) is 22.3 Å². The standard InChI is InChI=1S/C19H19N5O3S/c25-19(16-5-7-18(8-6-16)24-9-2-10-28(24,26)27)22-17-4-1-3-15(11-17)12-23-14-20-13-21-23/h1,3-8,11,13-14H,2,9-10,12H2,(H,22,25). The number of rotatable bonds is 5. The van der Waals surface area contributed by atoms with Gasteiger partial charge in [0.25, 0.3) is 5.91 Å². The minimum atomic E-state index is -3.23.